The van der Waals surface area contributed by atoms with Crippen LogP contribution in [-0.4, -0.2) is 28.7 Å². The molecule has 2 aromatic rings. The monoisotopic (exact) mass is 313 g/mol. The van der Waals surface area contributed by atoms with Crippen molar-refractivity contribution in [1.29, 1.82) is 0 Å². The summed E-state index contributed by atoms with van der Waals surface area (Å²) in [7, 11) is 0. The standard InChI is InChI=1S/C16H13N2O5/c19-15-13-3-1-2-4-14(13)16(20)17(15)12-7-5-11(6-8-12)9-10-23-18(21)22/h1-8H,9-10H2,(H,21,22)/q+1. The van der Waals surface area contributed by atoms with Crippen molar-refractivity contribution < 1.29 is 24.7 Å². The van der Waals surface area contributed by atoms with E-state index in [1.54, 1.807) is 48.5 Å². The lowest BCUT2D eigenvalue weighted by atomic mass is 10.1. The Balaban J connectivity index is 1.77. The summed E-state index contributed by atoms with van der Waals surface area (Å²) in [5, 5.41) is 7.75. The number of fused-ring (bicyclic) bond motifs is 1. The minimum absolute atomic E-state index is 0.0202. The third-order valence-electron chi connectivity index (χ3n) is 3.58. The first-order valence-electron chi connectivity index (χ1n) is 6.94. The van der Waals surface area contributed by atoms with Gasteiger partial charge in [0.25, 0.3) is 11.8 Å². The SMILES string of the molecule is O=C1c2ccccc2C(=O)N1c1ccc(CCO[N+](=O)O)cc1. The minimum atomic E-state index is -0.590. The van der Waals surface area contributed by atoms with Crippen molar-refractivity contribution in [3.63, 3.8) is 0 Å². The van der Waals surface area contributed by atoms with Crippen molar-refractivity contribution in [3.05, 3.63) is 70.1 Å². The second-order valence-corrected chi connectivity index (χ2v) is 4.98. The van der Waals surface area contributed by atoms with Crippen LogP contribution in [0, 0.1) is 4.91 Å². The van der Waals surface area contributed by atoms with Crippen LogP contribution in [0.3, 0.4) is 0 Å². The predicted octanol–water partition coefficient (Wildman–Crippen LogP) is 2.13. The molecule has 1 heterocycles. The van der Waals surface area contributed by atoms with Crippen molar-refractivity contribution in [2.24, 2.45) is 0 Å². The first-order valence-corrected chi connectivity index (χ1v) is 6.94. The molecule has 0 atom stereocenters. The molecule has 1 N–H and O–H groups in total. The summed E-state index contributed by atoms with van der Waals surface area (Å²) in [6.07, 6.45) is 0.404. The van der Waals surface area contributed by atoms with Crippen LogP contribution in [0.4, 0.5) is 5.69 Å². The lowest BCUT2D eigenvalue weighted by Gasteiger charge is -2.14. The second kappa shape index (κ2) is 5.88. The topological polar surface area (TPSA) is 86.9 Å². The van der Waals surface area contributed by atoms with Gasteiger partial charge >= 0.3 is 5.09 Å². The molecule has 0 saturated heterocycles. The average molecular weight is 313 g/mol. The summed E-state index contributed by atoms with van der Waals surface area (Å²) in [6.45, 7) is 0.0202. The van der Waals surface area contributed by atoms with Crippen molar-refractivity contribution in [2.45, 2.75) is 6.42 Å². The number of rotatable bonds is 5. The van der Waals surface area contributed by atoms with Crippen LogP contribution in [0.1, 0.15) is 26.3 Å². The van der Waals surface area contributed by atoms with E-state index in [0.717, 1.165) is 10.5 Å². The number of amides is 2. The van der Waals surface area contributed by atoms with E-state index in [1.165, 1.54) is 0 Å². The lowest BCUT2D eigenvalue weighted by Crippen LogP contribution is -2.29. The molecule has 0 radical (unpaired) electrons. The Hall–Kier alpha value is -3.22. The van der Waals surface area contributed by atoms with Crippen LogP contribution in [0.25, 0.3) is 0 Å². The zero-order valence-electron chi connectivity index (χ0n) is 12.0. The lowest BCUT2D eigenvalue weighted by molar-refractivity contribution is -0.975. The molecule has 23 heavy (non-hydrogen) atoms. The van der Waals surface area contributed by atoms with Crippen LogP contribution in [0.2, 0.25) is 0 Å². The number of benzene rings is 2. The number of anilines is 1. The summed E-state index contributed by atoms with van der Waals surface area (Å²) in [4.78, 5) is 40.4. The molecule has 0 spiro atoms. The third kappa shape index (κ3) is 2.76. The maximum Gasteiger partial charge on any atom is 0.475 e. The molecular weight excluding hydrogens is 300 g/mol. The molecule has 0 bridgehead atoms. The molecule has 0 fully saturated rings. The Morgan fingerprint density at radius 1 is 0.957 bits per heavy atom. The molecule has 0 unspecified atom stereocenters. The fraction of sp³-hybridized carbons (Fsp3) is 0.125. The average Bonchev–Trinajstić information content (AvgIpc) is 2.80. The largest absolute Gasteiger partial charge is 0.475 e. The van der Waals surface area contributed by atoms with Gasteiger partial charge in [-0.2, -0.15) is 4.84 Å². The number of carbonyl (C=O) groups excluding carboxylic acids is 2. The molecule has 0 saturated carbocycles. The summed E-state index contributed by atoms with van der Waals surface area (Å²) >= 11 is 0. The van der Waals surface area contributed by atoms with E-state index >= 15 is 0 Å². The van der Waals surface area contributed by atoms with Crippen LogP contribution in [0.15, 0.2) is 48.5 Å². The van der Waals surface area contributed by atoms with Gasteiger partial charge in [-0.25, -0.2) is 10.1 Å². The smallest absolute Gasteiger partial charge is 0.268 e. The molecule has 0 aliphatic carbocycles. The molecule has 7 heteroatoms. The summed E-state index contributed by atoms with van der Waals surface area (Å²) in [5.74, 6) is -0.687. The molecule has 1 aliphatic rings. The first-order chi connectivity index (χ1) is 11.1. The van der Waals surface area contributed by atoms with E-state index in [-0.39, 0.29) is 18.4 Å². The van der Waals surface area contributed by atoms with E-state index in [9.17, 15) is 14.5 Å². The fourth-order valence-electron chi connectivity index (χ4n) is 2.48. The Morgan fingerprint density at radius 3 is 2.04 bits per heavy atom. The van der Waals surface area contributed by atoms with E-state index in [0.29, 0.717) is 23.2 Å². The van der Waals surface area contributed by atoms with Gasteiger partial charge in [-0.15, -0.1) is 0 Å². The molecule has 0 aromatic heterocycles. The Kier molecular flexibility index (Phi) is 3.76. The summed E-state index contributed by atoms with van der Waals surface area (Å²) in [6, 6.07) is 13.5. The van der Waals surface area contributed by atoms with Crippen LogP contribution in [0.5, 0.6) is 0 Å². The van der Waals surface area contributed by atoms with Crippen molar-refractivity contribution in [1.82, 2.24) is 0 Å². The first kappa shape index (κ1) is 14.7. The van der Waals surface area contributed by atoms with Crippen molar-refractivity contribution in [2.75, 3.05) is 11.5 Å². The second-order valence-electron chi connectivity index (χ2n) is 4.98. The number of carbonyl (C=O) groups is 2. The maximum absolute atomic E-state index is 12.4. The van der Waals surface area contributed by atoms with Gasteiger partial charge in [0, 0.05) is 6.42 Å². The number of hydrogen-bond donors (Lipinski definition) is 1. The zero-order chi connectivity index (χ0) is 16.4. The highest BCUT2D eigenvalue weighted by Crippen LogP contribution is 2.28. The molecule has 2 amide bonds. The zero-order valence-corrected chi connectivity index (χ0v) is 12.0. The molecule has 2 aromatic carbocycles. The van der Waals surface area contributed by atoms with Gasteiger partial charge in [-0.3, -0.25) is 9.59 Å². The maximum atomic E-state index is 12.4. The quantitative estimate of drug-likeness (QED) is 0.675. The molecular formula is C16H13N2O5+. The summed E-state index contributed by atoms with van der Waals surface area (Å²) < 4.78 is 0. The highest BCUT2D eigenvalue weighted by molar-refractivity contribution is 6.34. The third-order valence-corrected chi connectivity index (χ3v) is 3.58. The number of hydrogen-bond acceptors (Lipinski definition) is 4. The van der Waals surface area contributed by atoms with E-state index in [1.807, 2.05) is 0 Å². The van der Waals surface area contributed by atoms with Gasteiger partial charge < -0.3 is 0 Å². The van der Waals surface area contributed by atoms with Gasteiger partial charge in [0.05, 0.1) is 16.8 Å². The van der Waals surface area contributed by atoms with E-state index in [2.05, 4.69) is 4.84 Å². The fourth-order valence-corrected chi connectivity index (χ4v) is 2.48. The van der Waals surface area contributed by atoms with Gasteiger partial charge in [-0.1, -0.05) is 24.3 Å². The number of nitrogens with zero attached hydrogens (tertiary/aromatic N) is 2. The molecule has 7 nitrogen and oxygen atoms in total. The Labute approximate surface area is 131 Å². The molecule has 116 valence electrons. The van der Waals surface area contributed by atoms with E-state index in [4.69, 9.17) is 5.21 Å². The minimum Gasteiger partial charge on any atom is -0.268 e. The van der Waals surface area contributed by atoms with Crippen molar-refractivity contribution >= 4 is 17.5 Å². The molecule has 3 rings (SSSR count). The Bertz CT molecular complexity index is 750. The normalized spacial score (nSPS) is 13.1. The van der Waals surface area contributed by atoms with Gasteiger partial charge in [-0.05, 0) is 29.8 Å². The van der Waals surface area contributed by atoms with Gasteiger partial charge in [0.1, 0.15) is 4.91 Å². The highest BCUT2D eigenvalue weighted by atomic mass is 16.9. The Morgan fingerprint density at radius 2 is 1.52 bits per heavy atom. The van der Waals surface area contributed by atoms with Gasteiger partial charge in [0.2, 0.25) is 0 Å². The van der Waals surface area contributed by atoms with Crippen LogP contribution in [-0.2, 0) is 11.3 Å². The van der Waals surface area contributed by atoms with Crippen LogP contribution < -0.4 is 4.90 Å². The predicted molar refractivity (Wildman–Crippen MR) is 79.1 cm³/mol. The highest BCUT2D eigenvalue weighted by Gasteiger charge is 2.36. The molecule has 1 aliphatic heterocycles. The summed E-state index contributed by atoms with van der Waals surface area (Å²) in [5.41, 5.74) is 2.11. The van der Waals surface area contributed by atoms with Crippen molar-refractivity contribution in [3.8, 4) is 0 Å². The number of imide groups is 1. The van der Waals surface area contributed by atoms with Gasteiger partial charge in [0.15, 0.2) is 6.61 Å². The van der Waals surface area contributed by atoms with Crippen LogP contribution >= 0.6 is 0 Å². The van der Waals surface area contributed by atoms with E-state index < -0.39 is 5.09 Å².